The van der Waals surface area contributed by atoms with Gasteiger partial charge in [-0.2, -0.15) is 5.10 Å². The molecular weight excluding hydrogens is 370 g/mol. The number of nitro groups is 2. The van der Waals surface area contributed by atoms with E-state index >= 15 is 0 Å². The summed E-state index contributed by atoms with van der Waals surface area (Å²) < 4.78 is 5.18. The summed E-state index contributed by atoms with van der Waals surface area (Å²) in [7, 11) is 1.47. The molecule has 11 nitrogen and oxygen atoms in total. The highest BCUT2D eigenvalue weighted by Crippen LogP contribution is 2.29. The van der Waals surface area contributed by atoms with Gasteiger partial charge in [0.1, 0.15) is 11.4 Å². The molecule has 28 heavy (non-hydrogen) atoms. The van der Waals surface area contributed by atoms with E-state index in [2.05, 4.69) is 15.8 Å². The van der Waals surface area contributed by atoms with Crippen molar-refractivity contribution in [3.8, 4) is 5.75 Å². The number of carbonyl (C=O) groups excluding carboxylic acids is 1. The first-order valence-corrected chi connectivity index (χ1v) is 7.92. The Hall–Kier alpha value is -4.02. The van der Waals surface area contributed by atoms with E-state index in [-0.39, 0.29) is 11.6 Å². The van der Waals surface area contributed by atoms with Crippen LogP contribution >= 0.6 is 0 Å². The molecule has 0 unspecified atom stereocenters. The number of nitrogens with zero attached hydrogens (tertiary/aromatic N) is 3. The van der Waals surface area contributed by atoms with Gasteiger partial charge in [-0.15, -0.1) is 0 Å². The van der Waals surface area contributed by atoms with Gasteiger partial charge >= 0.3 is 5.69 Å². The number of nitro benzene ring substituents is 2. The molecule has 0 heterocycles. The number of hydrogen-bond acceptors (Lipinski definition) is 8. The monoisotopic (exact) mass is 387 g/mol. The third-order valence-corrected chi connectivity index (χ3v) is 3.66. The van der Waals surface area contributed by atoms with Gasteiger partial charge in [0.05, 0.1) is 34.4 Å². The molecule has 0 saturated carbocycles. The minimum Gasteiger partial charge on any atom is -0.495 e. The molecular formula is C17H17N5O6. The Labute approximate surface area is 159 Å². The van der Waals surface area contributed by atoms with Gasteiger partial charge in [-0.1, -0.05) is 0 Å². The zero-order valence-corrected chi connectivity index (χ0v) is 15.3. The van der Waals surface area contributed by atoms with Crippen LogP contribution in [0.4, 0.5) is 22.7 Å². The van der Waals surface area contributed by atoms with Gasteiger partial charge in [0.2, 0.25) is 5.91 Å². The predicted molar refractivity (Wildman–Crippen MR) is 103 cm³/mol. The molecule has 146 valence electrons. The molecule has 0 fully saturated rings. The Kier molecular flexibility index (Phi) is 6.22. The number of anilines is 2. The number of carbonyl (C=O) groups is 1. The molecule has 0 aliphatic rings. The SMILES string of the molecule is COc1ccc(C(C)=NNc2ccc([N+](=O)[O-])cc2[N+](=O)[O-])cc1NC(C)=O. The van der Waals surface area contributed by atoms with Gasteiger partial charge in [-0.25, -0.2) is 0 Å². The molecule has 0 bridgehead atoms. The van der Waals surface area contributed by atoms with Crippen molar-refractivity contribution in [2.24, 2.45) is 5.10 Å². The van der Waals surface area contributed by atoms with E-state index < -0.39 is 21.2 Å². The highest BCUT2D eigenvalue weighted by atomic mass is 16.6. The lowest BCUT2D eigenvalue weighted by Crippen LogP contribution is -2.09. The Morgan fingerprint density at radius 2 is 1.75 bits per heavy atom. The van der Waals surface area contributed by atoms with Crippen LogP contribution in [0, 0.1) is 20.2 Å². The van der Waals surface area contributed by atoms with E-state index in [1.54, 1.807) is 25.1 Å². The second-order valence-electron chi connectivity index (χ2n) is 5.62. The maximum absolute atomic E-state index is 11.3. The number of methoxy groups -OCH3 is 1. The van der Waals surface area contributed by atoms with Crippen molar-refractivity contribution in [1.82, 2.24) is 0 Å². The summed E-state index contributed by atoms with van der Waals surface area (Å²) in [5.74, 6) is 0.190. The number of benzene rings is 2. The highest BCUT2D eigenvalue weighted by molar-refractivity contribution is 6.01. The van der Waals surface area contributed by atoms with Crippen LogP contribution in [-0.2, 0) is 4.79 Å². The van der Waals surface area contributed by atoms with Gasteiger partial charge in [0.25, 0.3) is 5.69 Å². The third-order valence-electron chi connectivity index (χ3n) is 3.66. The van der Waals surface area contributed by atoms with Crippen LogP contribution in [0.2, 0.25) is 0 Å². The zero-order valence-electron chi connectivity index (χ0n) is 15.3. The van der Waals surface area contributed by atoms with Crippen molar-refractivity contribution in [3.63, 3.8) is 0 Å². The van der Waals surface area contributed by atoms with Crippen molar-refractivity contribution in [3.05, 3.63) is 62.2 Å². The molecule has 2 aromatic carbocycles. The average molecular weight is 387 g/mol. The second kappa shape index (κ2) is 8.58. The van der Waals surface area contributed by atoms with Crippen molar-refractivity contribution < 1.29 is 19.4 Å². The number of nitrogens with one attached hydrogen (secondary N) is 2. The van der Waals surface area contributed by atoms with E-state index in [0.717, 1.165) is 12.1 Å². The van der Waals surface area contributed by atoms with Gasteiger partial charge in [-0.3, -0.25) is 30.4 Å². The fourth-order valence-corrected chi connectivity index (χ4v) is 2.31. The van der Waals surface area contributed by atoms with E-state index in [1.165, 1.54) is 20.1 Å². The van der Waals surface area contributed by atoms with Crippen molar-refractivity contribution >= 4 is 34.4 Å². The van der Waals surface area contributed by atoms with E-state index in [9.17, 15) is 25.0 Å². The molecule has 0 aromatic heterocycles. The summed E-state index contributed by atoms with van der Waals surface area (Å²) in [6.45, 7) is 3.02. The normalized spacial score (nSPS) is 10.9. The maximum Gasteiger partial charge on any atom is 0.301 e. The van der Waals surface area contributed by atoms with Crippen molar-refractivity contribution in [2.45, 2.75) is 13.8 Å². The molecule has 2 N–H and O–H groups in total. The summed E-state index contributed by atoms with van der Waals surface area (Å²) in [5.41, 5.74) is 3.22. The van der Waals surface area contributed by atoms with Gasteiger partial charge in [0.15, 0.2) is 0 Å². The fraction of sp³-hybridized carbons (Fsp3) is 0.176. The Morgan fingerprint density at radius 3 is 2.32 bits per heavy atom. The minimum absolute atomic E-state index is 0.00514. The van der Waals surface area contributed by atoms with E-state index in [4.69, 9.17) is 4.74 Å². The van der Waals surface area contributed by atoms with Crippen LogP contribution in [0.1, 0.15) is 19.4 Å². The summed E-state index contributed by atoms with van der Waals surface area (Å²) >= 11 is 0. The molecule has 0 saturated heterocycles. The molecule has 2 rings (SSSR count). The van der Waals surface area contributed by atoms with Crippen molar-refractivity contribution in [1.29, 1.82) is 0 Å². The van der Waals surface area contributed by atoms with Crippen LogP contribution in [0.3, 0.4) is 0 Å². The molecule has 0 atom stereocenters. The first kappa shape index (κ1) is 20.3. The first-order valence-electron chi connectivity index (χ1n) is 7.92. The van der Waals surface area contributed by atoms with Gasteiger partial charge in [0, 0.05) is 13.0 Å². The van der Waals surface area contributed by atoms with E-state index in [1.807, 2.05) is 0 Å². The summed E-state index contributed by atoms with van der Waals surface area (Å²) in [4.78, 5) is 31.8. The van der Waals surface area contributed by atoms with Crippen LogP contribution in [0.25, 0.3) is 0 Å². The minimum atomic E-state index is -0.734. The summed E-state index contributed by atoms with van der Waals surface area (Å²) in [6, 6.07) is 8.20. The predicted octanol–water partition coefficient (Wildman–Crippen LogP) is 3.31. The molecule has 2 aromatic rings. The quantitative estimate of drug-likeness (QED) is 0.420. The maximum atomic E-state index is 11.3. The third kappa shape index (κ3) is 4.78. The lowest BCUT2D eigenvalue weighted by atomic mass is 10.1. The fourth-order valence-electron chi connectivity index (χ4n) is 2.31. The van der Waals surface area contributed by atoms with Crippen LogP contribution in [0.15, 0.2) is 41.5 Å². The van der Waals surface area contributed by atoms with Gasteiger partial charge < -0.3 is 10.1 Å². The molecule has 0 radical (unpaired) electrons. The van der Waals surface area contributed by atoms with E-state index in [0.29, 0.717) is 22.7 Å². The Bertz CT molecular complexity index is 973. The second-order valence-corrected chi connectivity index (χ2v) is 5.62. The van der Waals surface area contributed by atoms with Crippen LogP contribution in [0.5, 0.6) is 5.75 Å². The number of non-ortho nitro benzene ring substituents is 1. The Morgan fingerprint density at radius 1 is 1.04 bits per heavy atom. The topological polar surface area (TPSA) is 149 Å². The summed E-state index contributed by atoms with van der Waals surface area (Å²) in [6.07, 6.45) is 0. The molecule has 0 aliphatic carbocycles. The average Bonchev–Trinajstić information content (AvgIpc) is 2.65. The van der Waals surface area contributed by atoms with Crippen molar-refractivity contribution in [2.75, 3.05) is 17.9 Å². The standard InChI is InChI=1S/C17H17N5O6/c1-10(12-4-7-17(28-3)15(8-12)18-11(2)23)19-20-14-6-5-13(21(24)25)9-16(14)22(26)27/h4-9,20H,1-3H3,(H,18,23). The van der Waals surface area contributed by atoms with Gasteiger partial charge in [-0.05, 0) is 36.8 Å². The molecule has 0 aliphatic heterocycles. The van der Waals surface area contributed by atoms with Crippen LogP contribution in [-0.4, -0.2) is 28.6 Å². The molecule has 0 spiro atoms. The number of ether oxygens (including phenoxy) is 1. The lowest BCUT2D eigenvalue weighted by molar-refractivity contribution is -0.393. The lowest BCUT2D eigenvalue weighted by Gasteiger charge is -2.11. The smallest absolute Gasteiger partial charge is 0.301 e. The highest BCUT2D eigenvalue weighted by Gasteiger charge is 2.19. The number of hydrogen-bond donors (Lipinski definition) is 2. The largest absolute Gasteiger partial charge is 0.495 e. The molecule has 1 amide bonds. The number of rotatable bonds is 7. The van der Waals surface area contributed by atoms with Crippen LogP contribution < -0.4 is 15.5 Å². The summed E-state index contributed by atoms with van der Waals surface area (Å²) in [5, 5.41) is 28.7. The molecule has 11 heteroatoms. The number of hydrazone groups is 1. The first-order chi connectivity index (χ1) is 13.2. The zero-order chi connectivity index (χ0) is 20.8. The Balaban J connectivity index is 2.33. The number of amides is 1.